The van der Waals surface area contributed by atoms with E-state index in [4.69, 9.17) is 9.47 Å². The van der Waals surface area contributed by atoms with Gasteiger partial charge in [0.05, 0.1) is 13.2 Å². The van der Waals surface area contributed by atoms with Crippen LogP contribution in [0.15, 0.2) is 41.8 Å². The van der Waals surface area contributed by atoms with Crippen LogP contribution in [0.3, 0.4) is 0 Å². The molecule has 3 rings (SSSR count). The smallest absolute Gasteiger partial charge is 0.248 e. The fourth-order valence-corrected chi connectivity index (χ4v) is 5.50. The Morgan fingerprint density at radius 2 is 2.03 bits per heavy atom. The van der Waals surface area contributed by atoms with Crippen molar-refractivity contribution in [1.29, 1.82) is 0 Å². The van der Waals surface area contributed by atoms with Gasteiger partial charge in [0.1, 0.15) is 29.7 Å². The minimum atomic E-state index is -3.95. The second-order valence-electron chi connectivity index (χ2n) is 8.24. The summed E-state index contributed by atoms with van der Waals surface area (Å²) < 4.78 is 39.5. The molecule has 0 aliphatic carbocycles. The summed E-state index contributed by atoms with van der Waals surface area (Å²) in [5.74, 6) is -0.307. The Morgan fingerprint density at radius 3 is 2.67 bits per heavy atom. The number of aliphatic hydroxyl groups is 1. The third kappa shape index (κ3) is 5.49. The summed E-state index contributed by atoms with van der Waals surface area (Å²) in [6.45, 7) is 3.52. The van der Waals surface area contributed by atoms with Crippen LogP contribution >= 0.6 is 0 Å². The first-order chi connectivity index (χ1) is 15.7. The number of aromatic nitrogens is 2. The van der Waals surface area contributed by atoms with Crippen LogP contribution < -0.4 is 4.74 Å². The summed E-state index contributed by atoms with van der Waals surface area (Å²) in [5, 5.41) is 9.73. The molecule has 180 valence electrons. The summed E-state index contributed by atoms with van der Waals surface area (Å²) in [4.78, 5) is 21.8. The molecule has 1 aliphatic heterocycles. The first kappa shape index (κ1) is 25.0. The molecule has 10 nitrogen and oxygen atoms in total. The average Bonchev–Trinajstić information content (AvgIpc) is 2.81. The SMILES string of the molecule is COCC(=O)N(C)C[C@H]1Oc2cc(-c3cncnc3)ccc2S(=O)(=O)N([C@@H](C)CO)C[C@H]1C. The zero-order chi connectivity index (χ0) is 24.2. The van der Waals surface area contributed by atoms with E-state index < -0.39 is 22.2 Å². The summed E-state index contributed by atoms with van der Waals surface area (Å²) in [6.07, 6.45) is 4.17. The van der Waals surface area contributed by atoms with Crippen molar-refractivity contribution in [1.82, 2.24) is 19.2 Å². The third-order valence-electron chi connectivity index (χ3n) is 5.71. The van der Waals surface area contributed by atoms with Crippen molar-refractivity contribution in [3.8, 4) is 16.9 Å². The minimum absolute atomic E-state index is 0.00571. The molecule has 1 aromatic heterocycles. The maximum absolute atomic E-state index is 13.5. The first-order valence-corrected chi connectivity index (χ1v) is 12.0. The highest BCUT2D eigenvalue weighted by Gasteiger charge is 2.38. The molecule has 0 spiro atoms. The van der Waals surface area contributed by atoms with Crippen LogP contribution in [0, 0.1) is 5.92 Å². The normalized spacial score (nSPS) is 21.2. The molecule has 0 unspecified atom stereocenters. The molecule has 1 aromatic carbocycles. The van der Waals surface area contributed by atoms with Gasteiger partial charge in [-0.05, 0) is 24.6 Å². The maximum atomic E-state index is 13.5. The number of sulfonamides is 1. The molecule has 0 bridgehead atoms. The number of likely N-dealkylation sites (N-methyl/N-ethyl adjacent to an activating group) is 1. The summed E-state index contributed by atoms with van der Waals surface area (Å²) in [7, 11) is -0.844. The van der Waals surface area contributed by atoms with Crippen molar-refractivity contribution in [2.24, 2.45) is 5.92 Å². The van der Waals surface area contributed by atoms with Crippen LogP contribution in [0.5, 0.6) is 5.75 Å². The molecule has 0 saturated carbocycles. The van der Waals surface area contributed by atoms with Gasteiger partial charge in [-0.2, -0.15) is 4.31 Å². The summed E-state index contributed by atoms with van der Waals surface area (Å²) in [6, 6.07) is 4.19. The Morgan fingerprint density at radius 1 is 1.33 bits per heavy atom. The number of hydrogen-bond acceptors (Lipinski definition) is 8. The van der Waals surface area contributed by atoms with E-state index in [0.717, 1.165) is 0 Å². The number of aliphatic hydroxyl groups excluding tert-OH is 1. The summed E-state index contributed by atoms with van der Waals surface area (Å²) >= 11 is 0. The van der Waals surface area contributed by atoms with E-state index in [-0.39, 0.29) is 48.8 Å². The second-order valence-corrected chi connectivity index (χ2v) is 10.1. The average molecular weight is 479 g/mol. The zero-order valence-electron chi connectivity index (χ0n) is 19.2. The molecule has 3 atom stereocenters. The van der Waals surface area contributed by atoms with Gasteiger partial charge in [0.15, 0.2) is 0 Å². The fraction of sp³-hybridized carbons (Fsp3) is 0.500. The highest BCUT2D eigenvalue weighted by molar-refractivity contribution is 7.89. The topological polar surface area (TPSA) is 122 Å². The van der Waals surface area contributed by atoms with Gasteiger partial charge in [0.2, 0.25) is 15.9 Å². The number of rotatable bonds is 7. The second kappa shape index (κ2) is 10.6. The molecule has 0 radical (unpaired) electrons. The van der Waals surface area contributed by atoms with Gasteiger partial charge >= 0.3 is 0 Å². The van der Waals surface area contributed by atoms with Crippen molar-refractivity contribution >= 4 is 15.9 Å². The molecule has 1 amide bonds. The van der Waals surface area contributed by atoms with Gasteiger partial charge in [0, 0.05) is 50.6 Å². The molecule has 2 aromatic rings. The van der Waals surface area contributed by atoms with Crippen molar-refractivity contribution in [2.45, 2.75) is 30.9 Å². The van der Waals surface area contributed by atoms with Gasteiger partial charge < -0.3 is 19.5 Å². The van der Waals surface area contributed by atoms with Crippen molar-refractivity contribution in [3.63, 3.8) is 0 Å². The Balaban J connectivity index is 2.08. The predicted octanol–water partition coefficient (Wildman–Crippen LogP) is 1.02. The highest BCUT2D eigenvalue weighted by Crippen LogP contribution is 2.36. The number of carbonyl (C=O) groups is 1. The summed E-state index contributed by atoms with van der Waals surface area (Å²) in [5.41, 5.74) is 1.41. The van der Waals surface area contributed by atoms with Crippen LogP contribution in [0.2, 0.25) is 0 Å². The quantitative estimate of drug-likeness (QED) is 0.626. The van der Waals surface area contributed by atoms with Crippen LogP contribution in [-0.4, -0.2) is 91.2 Å². The Bertz CT molecular complexity index is 1070. The number of nitrogens with zero attached hydrogens (tertiary/aromatic N) is 4. The molecule has 11 heteroatoms. The van der Waals surface area contributed by atoms with Gasteiger partial charge in [-0.3, -0.25) is 4.79 Å². The number of benzene rings is 1. The predicted molar refractivity (Wildman–Crippen MR) is 121 cm³/mol. The Hall–Kier alpha value is -2.60. The molecule has 0 saturated heterocycles. The molecule has 2 heterocycles. The zero-order valence-corrected chi connectivity index (χ0v) is 20.0. The van der Waals surface area contributed by atoms with E-state index in [9.17, 15) is 18.3 Å². The minimum Gasteiger partial charge on any atom is -0.487 e. The van der Waals surface area contributed by atoms with E-state index in [0.29, 0.717) is 11.1 Å². The molecule has 1 N–H and O–H groups in total. The number of methoxy groups -OCH3 is 1. The van der Waals surface area contributed by atoms with Crippen LogP contribution in [0.1, 0.15) is 13.8 Å². The highest BCUT2D eigenvalue weighted by atomic mass is 32.2. The Kier molecular flexibility index (Phi) is 8.01. The van der Waals surface area contributed by atoms with Gasteiger partial charge in [-0.15, -0.1) is 0 Å². The number of amides is 1. The lowest BCUT2D eigenvalue weighted by Gasteiger charge is -2.37. The van der Waals surface area contributed by atoms with Crippen LogP contribution in [-0.2, 0) is 19.6 Å². The van der Waals surface area contributed by atoms with E-state index >= 15 is 0 Å². The van der Waals surface area contributed by atoms with E-state index in [1.165, 1.54) is 28.7 Å². The van der Waals surface area contributed by atoms with Gasteiger partial charge in [-0.1, -0.05) is 13.0 Å². The fourth-order valence-electron chi connectivity index (χ4n) is 3.68. The maximum Gasteiger partial charge on any atom is 0.248 e. The number of fused-ring (bicyclic) bond motifs is 1. The molecular weight excluding hydrogens is 448 g/mol. The lowest BCUT2D eigenvalue weighted by Crippen LogP contribution is -2.50. The number of ether oxygens (including phenoxy) is 2. The molecule has 33 heavy (non-hydrogen) atoms. The van der Waals surface area contributed by atoms with Crippen LogP contribution in [0.4, 0.5) is 0 Å². The van der Waals surface area contributed by atoms with Crippen molar-refractivity contribution < 1.29 is 27.8 Å². The largest absolute Gasteiger partial charge is 0.487 e. The van der Waals surface area contributed by atoms with Crippen LogP contribution in [0.25, 0.3) is 11.1 Å². The number of carbonyl (C=O) groups excluding carboxylic acids is 1. The lowest BCUT2D eigenvalue weighted by atomic mass is 10.0. The third-order valence-corrected chi connectivity index (χ3v) is 7.73. The van der Waals surface area contributed by atoms with Gasteiger partial charge in [-0.25, -0.2) is 18.4 Å². The van der Waals surface area contributed by atoms with Gasteiger partial charge in [0.25, 0.3) is 0 Å². The monoisotopic (exact) mass is 478 g/mol. The standard InChI is InChI=1S/C22H30N4O6S/c1-15-10-26(16(2)12-27)33(29,30)21-6-5-17(18-8-23-14-24-9-18)7-19(21)32-20(15)11-25(3)22(28)13-31-4/h5-9,14-16,20,27H,10-13H2,1-4H3/t15-,16+,20-/m1/s1. The molecule has 1 aliphatic rings. The molecular formula is C22H30N4O6S. The van der Waals surface area contributed by atoms with E-state index in [2.05, 4.69) is 9.97 Å². The molecule has 0 fully saturated rings. The van der Waals surface area contributed by atoms with E-state index in [1.807, 2.05) is 6.92 Å². The van der Waals surface area contributed by atoms with Crippen molar-refractivity contribution in [2.75, 3.05) is 40.5 Å². The lowest BCUT2D eigenvalue weighted by molar-refractivity contribution is -0.135. The van der Waals surface area contributed by atoms with E-state index in [1.54, 1.807) is 38.5 Å². The van der Waals surface area contributed by atoms with Crippen molar-refractivity contribution in [3.05, 3.63) is 36.9 Å². The number of hydrogen-bond donors (Lipinski definition) is 1. The Labute approximate surface area is 194 Å². The first-order valence-electron chi connectivity index (χ1n) is 10.6.